The molecule has 0 radical (unpaired) electrons. The maximum atomic E-state index is 14.7. The van der Waals surface area contributed by atoms with Gasteiger partial charge in [-0.2, -0.15) is 0 Å². The summed E-state index contributed by atoms with van der Waals surface area (Å²) in [6.45, 7) is 12.5. The van der Waals surface area contributed by atoms with E-state index in [1.165, 1.54) is 0 Å². The van der Waals surface area contributed by atoms with Crippen LogP contribution in [0.4, 0.5) is 5.69 Å². The van der Waals surface area contributed by atoms with Gasteiger partial charge >= 0.3 is 5.97 Å². The molecule has 3 fully saturated rings. The third kappa shape index (κ3) is 5.61. The lowest BCUT2D eigenvalue weighted by Gasteiger charge is -2.37. The van der Waals surface area contributed by atoms with Gasteiger partial charge in [0.05, 0.1) is 25.2 Å². The third-order valence-electron chi connectivity index (χ3n) is 9.37. The van der Waals surface area contributed by atoms with Crippen molar-refractivity contribution in [2.24, 2.45) is 17.8 Å². The number of hydrogen-bond acceptors (Lipinski definition) is 7. The van der Waals surface area contributed by atoms with Crippen molar-refractivity contribution >= 4 is 23.5 Å². The summed E-state index contributed by atoms with van der Waals surface area (Å²) in [5.74, 6) is -1.95. The molecule has 3 saturated heterocycles. The molecule has 3 unspecified atom stereocenters. The van der Waals surface area contributed by atoms with Crippen molar-refractivity contribution in [3.8, 4) is 5.75 Å². The zero-order valence-electron chi connectivity index (χ0n) is 25.3. The van der Waals surface area contributed by atoms with E-state index in [0.29, 0.717) is 43.7 Å². The van der Waals surface area contributed by atoms with E-state index in [1.807, 2.05) is 26.0 Å². The molecule has 2 bridgehead atoms. The van der Waals surface area contributed by atoms with E-state index in [9.17, 15) is 19.5 Å². The van der Waals surface area contributed by atoms with Gasteiger partial charge in [-0.05, 0) is 69.2 Å². The largest absolute Gasteiger partial charge is 0.497 e. The summed E-state index contributed by atoms with van der Waals surface area (Å²) in [4.78, 5) is 45.9. The number of aliphatic hydroxyl groups excluding tert-OH is 1. The minimum Gasteiger partial charge on any atom is -0.497 e. The van der Waals surface area contributed by atoms with E-state index in [-0.39, 0.29) is 37.5 Å². The van der Waals surface area contributed by atoms with Crippen LogP contribution >= 0.6 is 0 Å². The second-order valence-electron chi connectivity index (χ2n) is 11.9. The van der Waals surface area contributed by atoms with Crippen LogP contribution in [0.5, 0.6) is 5.75 Å². The summed E-state index contributed by atoms with van der Waals surface area (Å²) in [7, 11) is 1.58. The molecule has 1 aromatic rings. The molecule has 42 heavy (non-hydrogen) atoms. The molecule has 2 amide bonds. The van der Waals surface area contributed by atoms with Crippen molar-refractivity contribution in [1.82, 2.24) is 4.90 Å². The lowest BCUT2D eigenvalue weighted by Crippen LogP contribution is -2.57. The zero-order valence-corrected chi connectivity index (χ0v) is 25.3. The molecule has 0 aliphatic carbocycles. The number of esters is 1. The highest BCUT2D eigenvalue weighted by molar-refractivity contribution is 6.04. The molecule has 4 rings (SSSR count). The number of nitrogens with zero attached hydrogens (tertiary/aromatic N) is 2. The fraction of sp³-hybridized carbons (Fsp3) is 0.606. The average Bonchev–Trinajstić information content (AvgIpc) is 3.50. The van der Waals surface area contributed by atoms with Gasteiger partial charge in [0.25, 0.3) is 5.91 Å². The molecular weight excluding hydrogens is 536 g/mol. The predicted molar refractivity (Wildman–Crippen MR) is 160 cm³/mol. The maximum absolute atomic E-state index is 14.7. The minimum absolute atomic E-state index is 0.0686. The Morgan fingerprint density at radius 2 is 1.86 bits per heavy atom. The zero-order chi connectivity index (χ0) is 30.5. The van der Waals surface area contributed by atoms with Crippen molar-refractivity contribution < 1.29 is 33.7 Å². The van der Waals surface area contributed by atoms with Gasteiger partial charge in [0, 0.05) is 25.4 Å². The highest BCUT2D eigenvalue weighted by Gasteiger charge is 2.80. The number of carbonyl (C=O) groups excluding carboxylic acids is 3. The summed E-state index contributed by atoms with van der Waals surface area (Å²) >= 11 is 0. The van der Waals surface area contributed by atoms with Crippen LogP contribution in [-0.2, 0) is 23.9 Å². The van der Waals surface area contributed by atoms with E-state index in [2.05, 4.69) is 13.2 Å². The van der Waals surface area contributed by atoms with Gasteiger partial charge in [-0.1, -0.05) is 31.9 Å². The first kappa shape index (κ1) is 31.8. The van der Waals surface area contributed by atoms with Crippen LogP contribution in [0.1, 0.15) is 58.8 Å². The van der Waals surface area contributed by atoms with Gasteiger partial charge in [0.15, 0.2) is 0 Å². The average molecular weight is 583 g/mol. The Kier molecular flexibility index (Phi) is 10.1. The lowest BCUT2D eigenvalue weighted by atomic mass is 9.62. The summed E-state index contributed by atoms with van der Waals surface area (Å²) in [6.07, 6.45) is 8.29. The Bertz CT molecular complexity index is 1150. The molecule has 9 nitrogen and oxygen atoms in total. The number of ether oxygens (including phenoxy) is 3. The highest BCUT2D eigenvalue weighted by atomic mass is 16.6. The number of methoxy groups -OCH3 is 1. The van der Waals surface area contributed by atoms with Gasteiger partial charge in [0.2, 0.25) is 5.91 Å². The molecule has 0 saturated carbocycles. The molecule has 3 aliphatic heterocycles. The van der Waals surface area contributed by atoms with Crippen molar-refractivity contribution in [1.29, 1.82) is 0 Å². The molecule has 230 valence electrons. The fourth-order valence-corrected chi connectivity index (χ4v) is 7.22. The Morgan fingerprint density at radius 3 is 2.50 bits per heavy atom. The Hall–Kier alpha value is -3.17. The normalized spacial score (nSPS) is 29.3. The SMILES string of the molecule is C=CCCCOC(=O)[C@H]1[C@H]2C(=O)N(CCCCCCO)C(C(=O)N(CC=C)c3ccc(OC)cc3)C23CC(C)[C@]1(C)O3. The minimum atomic E-state index is -1.15. The molecule has 3 aliphatic rings. The van der Waals surface area contributed by atoms with Crippen LogP contribution in [0.25, 0.3) is 0 Å². The lowest BCUT2D eigenvalue weighted by molar-refractivity contribution is -0.161. The van der Waals surface area contributed by atoms with Crippen molar-refractivity contribution in [2.75, 3.05) is 38.3 Å². The van der Waals surface area contributed by atoms with Gasteiger partial charge in [-0.15, -0.1) is 13.2 Å². The topological polar surface area (TPSA) is 106 Å². The van der Waals surface area contributed by atoms with Crippen molar-refractivity contribution in [3.05, 3.63) is 49.6 Å². The molecule has 9 heteroatoms. The van der Waals surface area contributed by atoms with Crippen molar-refractivity contribution in [3.63, 3.8) is 0 Å². The Balaban J connectivity index is 1.72. The fourth-order valence-electron chi connectivity index (χ4n) is 7.22. The van der Waals surface area contributed by atoms with Crippen LogP contribution in [0.2, 0.25) is 0 Å². The van der Waals surface area contributed by atoms with Crippen LogP contribution in [0.15, 0.2) is 49.6 Å². The predicted octanol–water partition coefficient (Wildman–Crippen LogP) is 4.29. The molecule has 1 spiro atoms. The molecule has 3 heterocycles. The van der Waals surface area contributed by atoms with Crippen LogP contribution in [0.3, 0.4) is 0 Å². The highest BCUT2D eigenvalue weighted by Crippen LogP contribution is 2.65. The summed E-state index contributed by atoms with van der Waals surface area (Å²) in [5, 5.41) is 9.19. The molecule has 0 aromatic heterocycles. The smallest absolute Gasteiger partial charge is 0.312 e. The van der Waals surface area contributed by atoms with Crippen molar-refractivity contribution in [2.45, 2.75) is 76.0 Å². The number of carbonyl (C=O) groups is 3. The Morgan fingerprint density at radius 1 is 1.14 bits per heavy atom. The number of unbranched alkanes of at least 4 members (excludes halogenated alkanes) is 4. The molecule has 6 atom stereocenters. The van der Waals surface area contributed by atoms with E-state index in [1.54, 1.807) is 41.2 Å². The van der Waals surface area contributed by atoms with Crippen LogP contribution in [0, 0.1) is 17.8 Å². The maximum Gasteiger partial charge on any atom is 0.312 e. The first-order valence-corrected chi connectivity index (χ1v) is 15.2. The number of allylic oxidation sites excluding steroid dienone is 1. The van der Waals surface area contributed by atoms with Crippen LogP contribution < -0.4 is 9.64 Å². The number of likely N-dealkylation sites (tertiary alicyclic amines) is 1. The number of rotatable bonds is 16. The van der Waals surface area contributed by atoms with E-state index in [0.717, 1.165) is 19.3 Å². The van der Waals surface area contributed by atoms with E-state index < -0.39 is 35.0 Å². The quantitative estimate of drug-likeness (QED) is 0.176. The monoisotopic (exact) mass is 582 g/mol. The van der Waals surface area contributed by atoms with Gasteiger partial charge in [-0.25, -0.2) is 0 Å². The van der Waals surface area contributed by atoms with Gasteiger partial charge in [0.1, 0.15) is 23.3 Å². The number of hydrogen-bond donors (Lipinski definition) is 1. The van der Waals surface area contributed by atoms with Gasteiger partial charge < -0.3 is 29.1 Å². The van der Waals surface area contributed by atoms with Gasteiger partial charge in [-0.3, -0.25) is 14.4 Å². The van der Waals surface area contributed by atoms with E-state index in [4.69, 9.17) is 14.2 Å². The second kappa shape index (κ2) is 13.4. The number of fused-ring (bicyclic) bond motifs is 1. The number of aliphatic hydroxyl groups is 1. The second-order valence-corrected chi connectivity index (χ2v) is 11.9. The first-order chi connectivity index (χ1) is 20.2. The molecule has 1 aromatic carbocycles. The summed E-state index contributed by atoms with van der Waals surface area (Å²) < 4.78 is 17.8. The summed E-state index contributed by atoms with van der Waals surface area (Å²) in [5.41, 5.74) is -1.42. The molecule has 1 N–H and O–H groups in total. The number of anilines is 1. The Labute approximate surface area is 249 Å². The number of benzene rings is 1. The number of amides is 2. The van der Waals surface area contributed by atoms with E-state index >= 15 is 0 Å². The van der Waals surface area contributed by atoms with Crippen LogP contribution in [-0.4, -0.2) is 78.4 Å². The summed E-state index contributed by atoms with van der Waals surface area (Å²) in [6, 6.07) is 6.30. The molecular formula is C33H46N2O7. The standard InChI is InChI=1S/C33H46N2O7/c1-6-8-13-21-41-31(39)27-26-29(37)35(19-11-9-10-12-20-36)28(33(26)22-23(3)32(27,4)42-33)30(38)34(18-7-2)24-14-16-25(40-5)17-15-24/h6-7,14-17,23,26-28,36H,1-2,8-13,18-22H2,3-5H3/t23?,26-,27+,28?,32-,33?/m0/s1. The third-order valence-corrected chi connectivity index (χ3v) is 9.37. The first-order valence-electron chi connectivity index (χ1n) is 15.2.